The summed E-state index contributed by atoms with van der Waals surface area (Å²) in [6.07, 6.45) is 10.3. The van der Waals surface area contributed by atoms with Gasteiger partial charge in [-0.3, -0.25) is 9.59 Å². The van der Waals surface area contributed by atoms with Crippen LogP contribution in [0.2, 0.25) is 0 Å². The fourth-order valence-electron chi connectivity index (χ4n) is 5.06. The number of hydrogen-bond donors (Lipinski definition) is 2. The van der Waals surface area contributed by atoms with Crippen LogP contribution in [0.1, 0.15) is 39.5 Å². The number of fused-ring (bicyclic) bond motifs is 6. The third-order valence-electron chi connectivity index (χ3n) is 7.25. The quantitative estimate of drug-likeness (QED) is 0.187. The van der Waals surface area contributed by atoms with E-state index in [-0.39, 0.29) is 11.1 Å². The molecule has 0 fully saturated rings. The number of hydrogen-bond acceptors (Lipinski definition) is 12. The molecule has 12 nitrogen and oxygen atoms in total. The third kappa shape index (κ3) is 4.75. The van der Waals surface area contributed by atoms with Gasteiger partial charge in [-0.2, -0.15) is 0 Å². The second-order valence-electron chi connectivity index (χ2n) is 10.2. The molecule has 0 aliphatic rings. The third-order valence-corrected chi connectivity index (χ3v) is 9.38. The van der Waals surface area contributed by atoms with E-state index < -0.39 is 0 Å². The van der Waals surface area contributed by atoms with Crippen molar-refractivity contribution in [2.75, 3.05) is 23.7 Å². The van der Waals surface area contributed by atoms with E-state index in [2.05, 4.69) is 44.4 Å². The molecule has 7 aromatic rings. The number of nitrogens with zero attached hydrogens (tertiary/aromatic N) is 8. The van der Waals surface area contributed by atoms with Crippen molar-refractivity contribution < 1.29 is 0 Å². The minimum atomic E-state index is -0.209. The Kier molecular flexibility index (Phi) is 7.44. The van der Waals surface area contributed by atoms with Crippen LogP contribution in [-0.2, 0) is 0 Å². The van der Waals surface area contributed by atoms with Gasteiger partial charge in [0.15, 0.2) is 0 Å². The van der Waals surface area contributed by atoms with Gasteiger partial charge in [-0.1, -0.05) is 26.7 Å². The van der Waals surface area contributed by atoms with Crippen LogP contribution in [0.25, 0.3) is 52.5 Å². The predicted octanol–water partition coefficient (Wildman–Crippen LogP) is 5.52. The highest BCUT2D eigenvalue weighted by molar-refractivity contribution is 7.25. The maximum atomic E-state index is 13.9. The molecule has 0 bridgehead atoms. The van der Waals surface area contributed by atoms with Crippen molar-refractivity contribution in [3.05, 3.63) is 69.8 Å². The lowest BCUT2D eigenvalue weighted by Gasteiger charge is -2.16. The van der Waals surface area contributed by atoms with Gasteiger partial charge in [0.2, 0.25) is 11.9 Å². The normalized spacial score (nSPS) is 11.7. The Bertz CT molecular complexity index is 2110. The van der Waals surface area contributed by atoms with Gasteiger partial charge in [0.1, 0.15) is 41.1 Å². The van der Waals surface area contributed by atoms with Crippen LogP contribution < -0.4 is 21.8 Å². The lowest BCUT2D eigenvalue weighted by atomic mass is 10.2. The summed E-state index contributed by atoms with van der Waals surface area (Å²) < 4.78 is 4.11. The molecule has 222 valence electrons. The summed E-state index contributed by atoms with van der Waals surface area (Å²) in [4.78, 5) is 56.6. The highest BCUT2D eigenvalue weighted by Crippen LogP contribution is 2.31. The summed E-state index contributed by atoms with van der Waals surface area (Å²) in [6.45, 7) is 5.54. The summed E-state index contributed by atoms with van der Waals surface area (Å²) >= 11 is 2.56. The summed E-state index contributed by atoms with van der Waals surface area (Å²) in [6, 6.07) is 7.28. The minimum absolute atomic E-state index is 0.209. The predicted molar refractivity (Wildman–Crippen MR) is 177 cm³/mol. The molecule has 0 atom stereocenters. The molecule has 6 heterocycles. The average Bonchev–Trinajstić information content (AvgIpc) is 3.61. The van der Waals surface area contributed by atoms with Gasteiger partial charge in [0, 0.05) is 37.9 Å². The lowest BCUT2D eigenvalue weighted by molar-refractivity contribution is 0.815. The van der Waals surface area contributed by atoms with Crippen LogP contribution in [0.3, 0.4) is 0 Å². The maximum Gasteiger partial charge on any atom is 0.277 e. The van der Waals surface area contributed by atoms with Crippen molar-refractivity contribution in [1.82, 2.24) is 39.0 Å². The first kappa shape index (κ1) is 28.0. The van der Waals surface area contributed by atoms with Crippen molar-refractivity contribution in [2.45, 2.75) is 39.5 Å². The second-order valence-corrected chi connectivity index (χ2v) is 12.2. The van der Waals surface area contributed by atoms with Crippen LogP contribution in [0.4, 0.5) is 11.9 Å². The lowest BCUT2D eigenvalue weighted by Crippen LogP contribution is -2.25. The molecule has 0 spiro atoms. The van der Waals surface area contributed by atoms with Gasteiger partial charge < -0.3 is 10.6 Å². The molecule has 0 amide bonds. The Labute approximate surface area is 258 Å². The second kappa shape index (κ2) is 11.7. The first-order chi connectivity index (χ1) is 21.6. The fourth-order valence-corrected chi connectivity index (χ4v) is 7.00. The first-order valence-corrected chi connectivity index (χ1v) is 16.1. The standard InChI is InChI=1S/C30H28N10O2S2/c1-3-5-11-35-29-37-19-21-25(33-15-13-31-21)43-23(19)27(41)39(29)17-7-9-18(10-8-17)40-28(42)24-20(38-30(40)36-12-6-4-2)22-26(44-24)34-16-14-32-22/h7-10,13-16H,3-6,11-12H2,1-2H3,(H,35,37)(H,36,38). The van der Waals surface area contributed by atoms with E-state index in [1.807, 2.05) is 24.3 Å². The fraction of sp³-hybridized carbons (Fsp3) is 0.267. The number of nitrogens with one attached hydrogen (secondary N) is 2. The average molecular weight is 625 g/mol. The maximum absolute atomic E-state index is 13.9. The molecule has 0 aliphatic heterocycles. The minimum Gasteiger partial charge on any atom is -0.355 e. The molecular formula is C30H28N10O2S2. The van der Waals surface area contributed by atoms with E-state index in [1.54, 1.807) is 33.9 Å². The Morgan fingerprint density at radius 3 is 1.43 bits per heavy atom. The van der Waals surface area contributed by atoms with E-state index in [9.17, 15) is 9.59 Å². The smallest absolute Gasteiger partial charge is 0.277 e. The van der Waals surface area contributed by atoms with Gasteiger partial charge in [-0.25, -0.2) is 39.0 Å². The van der Waals surface area contributed by atoms with Gasteiger partial charge in [-0.15, -0.1) is 22.7 Å². The number of benzene rings is 1. The van der Waals surface area contributed by atoms with E-state index in [0.717, 1.165) is 25.7 Å². The molecule has 0 unspecified atom stereocenters. The zero-order chi connectivity index (χ0) is 30.2. The Morgan fingerprint density at radius 2 is 1.02 bits per heavy atom. The van der Waals surface area contributed by atoms with Gasteiger partial charge in [0.05, 0.1) is 11.4 Å². The number of anilines is 2. The van der Waals surface area contributed by atoms with Crippen LogP contribution in [0.5, 0.6) is 0 Å². The monoisotopic (exact) mass is 624 g/mol. The molecule has 14 heteroatoms. The van der Waals surface area contributed by atoms with Crippen molar-refractivity contribution in [1.29, 1.82) is 0 Å². The zero-order valence-electron chi connectivity index (χ0n) is 24.1. The SMILES string of the molecule is CCCCNc1nc2c(sc3nccnc32)c(=O)n1-c1ccc(-n2c(NCCCC)nc3c(sc4nccnc43)c2=O)cc1. The van der Waals surface area contributed by atoms with E-state index >= 15 is 0 Å². The summed E-state index contributed by atoms with van der Waals surface area (Å²) in [5.74, 6) is 0.864. The van der Waals surface area contributed by atoms with Crippen molar-refractivity contribution >= 4 is 75.7 Å². The van der Waals surface area contributed by atoms with E-state index in [4.69, 9.17) is 9.97 Å². The number of unbranched alkanes of at least 4 members (excludes halogenated alkanes) is 2. The summed E-state index contributed by atoms with van der Waals surface area (Å²) in [5, 5.41) is 6.70. The Hall–Kier alpha value is -4.82. The largest absolute Gasteiger partial charge is 0.355 e. The van der Waals surface area contributed by atoms with Gasteiger partial charge in [0.25, 0.3) is 11.1 Å². The Balaban J connectivity index is 1.37. The van der Waals surface area contributed by atoms with E-state index in [0.29, 0.717) is 77.5 Å². The zero-order valence-corrected chi connectivity index (χ0v) is 25.7. The molecule has 7 rings (SSSR count). The highest BCUT2D eigenvalue weighted by Gasteiger charge is 2.21. The van der Waals surface area contributed by atoms with Crippen molar-refractivity contribution in [3.8, 4) is 11.4 Å². The number of aromatic nitrogens is 8. The van der Waals surface area contributed by atoms with Gasteiger partial charge >= 0.3 is 0 Å². The molecule has 0 radical (unpaired) electrons. The van der Waals surface area contributed by atoms with Crippen LogP contribution in [0, 0.1) is 0 Å². The highest BCUT2D eigenvalue weighted by atomic mass is 32.1. The molecule has 0 saturated heterocycles. The Morgan fingerprint density at radius 1 is 0.614 bits per heavy atom. The molecule has 1 aromatic carbocycles. The van der Waals surface area contributed by atoms with Crippen LogP contribution in [0.15, 0.2) is 58.6 Å². The molecule has 44 heavy (non-hydrogen) atoms. The molecule has 2 N–H and O–H groups in total. The molecule has 6 aromatic heterocycles. The molecule has 0 saturated carbocycles. The summed E-state index contributed by atoms with van der Waals surface area (Å²) in [5.41, 5.74) is 3.11. The first-order valence-electron chi connectivity index (χ1n) is 14.5. The van der Waals surface area contributed by atoms with Crippen LogP contribution >= 0.6 is 22.7 Å². The number of rotatable bonds is 10. The topological polar surface area (TPSA) is 145 Å². The van der Waals surface area contributed by atoms with Crippen molar-refractivity contribution in [3.63, 3.8) is 0 Å². The molecular weight excluding hydrogens is 597 g/mol. The van der Waals surface area contributed by atoms with Gasteiger partial charge in [-0.05, 0) is 37.1 Å². The summed E-state index contributed by atoms with van der Waals surface area (Å²) in [7, 11) is 0. The van der Waals surface area contributed by atoms with Crippen LogP contribution in [-0.4, -0.2) is 52.1 Å². The number of thiophene rings is 2. The van der Waals surface area contributed by atoms with E-state index in [1.165, 1.54) is 22.7 Å². The molecule has 0 aliphatic carbocycles. The van der Waals surface area contributed by atoms with Crippen molar-refractivity contribution in [2.24, 2.45) is 0 Å².